The quantitative estimate of drug-likeness (QED) is 0.760. The van der Waals surface area contributed by atoms with Crippen LogP contribution in [-0.2, 0) is 12.8 Å². The van der Waals surface area contributed by atoms with Crippen LogP contribution in [0, 0.1) is 0 Å². The number of hydrogen-bond acceptors (Lipinski definition) is 4. The van der Waals surface area contributed by atoms with E-state index in [2.05, 4.69) is 21.2 Å². The molecule has 2 heterocycles. The highest BCUT2D eigenvalue weighted by Crippen LogP contribution is 2.23. The van der Waals surface area contributed by atoms with Crippen molar-refractivity contribution < 1.29 is 0 Å². The molecule has 3 rings (SSSR count). The average Bonchev–Trinajstić information content (AvgIpc) is 2.81. The lowest BCUT2D eigenvalue weighted by Crippen LogP contribution is -2.29. The number of nitrogens with two attached hydrogens (primary N) is 1. The molecule has 0 amide bonds. The molecular formula is C12H18N4. The van der Waals surface area contributed by atoms with Crippen LogP contribution in [0.2, 0.25) is 0 Å². The van der Waals surface area contributed by atoms with Gasteiger partial charge in [-0.15, -0.1) is 5.10 Å². The molecular weight excluding hydrogens is 200 g/mol. The maximum Gasteiger partial charge on any atom is 0.151 e. The molecule has 1 saturated heterocycles. The Morgan fingerprint density at radius 2 is 2.06 bits per heavy atom. The molecule has 0 bridgehead atoms. The summed E-state index contributed by atoms with van der Waals surface area (Å²) in [5.41, 5.74) is 8.46. The van der Waals surface area contributed by atoms with Crippen molar-refractivity contribution in [2.45, 2.75) is 38.1 Å². The zero-order valence-electron chi connectivity index (χ0n) is 9.52. The third-order valence-electron chi connectivity index (χ3n) is 3.61. The fourth-order valence-electron chi connectivity index (χ4n) is 2.64. The predicted octanol–water partition coefficient (Wildman–Crippen LogP) is 0.893. The molecule has 0 unspecified atom stereocenters. The van der Waals surface area contributed by atoms with Gasteiger partial charge in [0, 0.05) is 19.1 Å². The molecule has 0 radical (unpaired) electrons. The Balaban J connectivity index is 1.88. The largest absolute Gasteiger partial charge is 0.355 e. The molecule has 2 aliphatic rings. The summed E-state index contributed by atoms with van der Waals surface area (Å²) in [6, 6.07) is 2.51. The topological polar surface area (TPSA) is 55.0 Å². The van der Waals surface area contributed by atoms with E-state index in [1.807, 2.05) is 0 Å². The standard InChI is InChI=1S/C12H18N4/c13-10-3-4-11-9(7-10)8-12(15-14-11)16-5-1-2-6-16/h8,10H,1-7,13H2/t10-/m1/s1. The molecule has 1 atom stereocenters. The first-order valence-corrected chi connectivity index (χ1v) is 6.19. The van der Waals surface area contributed by atoms with Crippen LogP contribution in [0.5, 0.6) is 0 Å². The van der Waals surface area contributed by atoms with Crippen molar-refractivity contribution in [1.29, 1.82) is 0 Å². The molecule has 0 aromatic carbocycles. The normalized spacial score (nSPS) is 24.6. The van der Waals surface area contributed by atoms with E-state index in [0.717, 1.165) is 43.9 Å². The average molecular weight is 218 g/mol. The number of rotatable bonds is 1. The van der Waals surface area contributed by atoms with E-state index < -0.39 is 0 Å². The van der Waals surface area contributed by atoms with E-state index in [9.17, 15) is 0 Å². The molecule has 1 aliphatic carbocycles. The fraction of sp³-hybridized carbons (Fsp3) is 0.667. The highest BCUT2D eigenvalue weighted by molar-refractivity contribution is 5.43. The van der Waals surface area contributed by atoms with Crippen molar-refractivity contribution in [1.82, 2.24) is 10.2 Å². The molecule has 0 saturated carbocycles. The van der Waals surface area contributed by atoms with Crippen molar-refractivity contribution in [3.05, 3.63) is 17.3 Å². The smallest absolute Gasteiger partial charge is 0.151 e. The third-order valence-corrected chi connectivity index (χ3v) is 3.61. The van der Waals surface area contributed by atoms with E-state index >= 15 is 0 Å². The molecule has 4 heteroatoms. The number of nitrogens with zero attached hydrogens (tertiary/aromatic N) is 3. The zero-order valence-corrected chi connectivity index (χ0v) is 9.52. The van der Waals surface area contributed by atoms with Gasteiger partial charge in [0.2, 0.25) is 0 Å². The second-order valence-electron chi connectivity index (χ2n) is 4.87. The van der Waals surface area contributed by atoms with Crippen LogP contribution in [-0.4, -0.2) is 29.3 Å². The van der Waals surface area contributed by atoms with Gasteiger partial charge in [-0.25, -0.2) is 0 Å². The van der Waals surface area contributed by atoms with Gasteiger partial charge in [0.25, 0.3) is 0 Å². The van der Waals surface area contributed by atoms with Gasteiger partial charge in [-0.1, -0.05) is 0 Å². The Morgan fingerprint density at radius 3 is 2.88 bits per heavy atom. The summed E-state index contributed by atoms with van der Waals surface area (Å²) in [7, 11) is 0. The van der Waals surface area contributed by atoms with E-state index in [-0.39, 0.29) is 0 Å². The highest BCUT2D eigenvalue weighted by Gasteiger charge is 2.20. The Kier molecular flexibility index (Phi) is 2.52. The van der Waals surface area contributed by atoms with Crippen LogP contribution >= 0.6 is 0 Å². The Hall–Kier alpha value is -1.16. The van der Waals surface area contributed by atoms with Crippen LogP contribution < -0.4 is 10.6 Å². The number of aryl methyl sites for hydroxylation is 1. The first kappa shape index (κ1) is 10.0. The van der Waals surface area contributed by atoms with E-state index in [4.69, 9.17) is 5.73 Å². The summed E-state index contributed by atoms with van der Waals surface area (Å²) in [4.78, 5) is 2.33. The van der Waals surface area contributed by atoms with Gasteiger partial charge in [-0.05, 0) is 43.7 Å². The fourth-order valence-corrected chi connectivity index (χ4v) is 2.64. The van der Waals surface area contributed by atoms with Gasteiger partial charge < -0.3 is 10.6 Å². The molecule has 2 N–H and O–H groups in total. The van der Waals surface area contributed by atoms with Crippen LogP contribution in [0.4, 0.5) is 5.82 Å². The van der Waals surface area contributed by atoms with Gasteiger partial charge in [0.05, 0.1) is 5.69 Å². The minimum atomic E-state index is 0.308. The molecule has 0 spiro atoms. The van der Waals surface area contributed by atoms with Gasteiger partial charge in [-0.2, -0.15) is 5.10 Å². The van der Waals surface area contributed by atoms with Crippen LogP contribution in [0.1, 0.15) is 30.5 Å². The molecule has 1 aliphatic heterocycles. The molecule has 16 heavy (non-hydrogen) atoms. The minimum absolute atomic E-state index is 0.308. The molecule has 1 fully saturated rings. The Labute approximate surface area is 95.8 Å². The molecule has 1 aromatic heterocycles. The van der Waals surface area contributed by atoms with Crippen LogP contribution in [0.3, 0.4) is 0 Å². The van der Waals surface area contributed by atoms with Crippen molar-refractivity contribution in [2.75, 3.05) is 18.0 Å². The first-order chi connectivity index (χ1) is 7.83. The summed E-state index contributed by atoms with van der Waals surface area (Å²) >= 11 is 0. The summed E-state index contributed by atoms with van der Waals surface area (Å²) in [5, 5.41) is 8.69. The van der Waals surface area contributed by atoms with Crippen molar-refractivity contribution in [3.8, 4) is 0 Å². The second-order valence-corrected chi connectivity index (χ2v) is 4.87. The minimum Gasteiger partial charge on any atom is -0.355 e. The van der Waals surface area contributed by atoms with E-state index in [0.29, 0.717) is 6.04 Å². The van der Waals surface area contributed by atoms with Crippen molar-refractivity contribution in [3.63, 3.8) is 0 Å². The number of fused-ring (bicyclic) bond motifs is 1. The lowest BCUT2D eigenvalue weighted by Gasteiger charge is -2.22. The van der Waals surface area contributed by atoms with Gasteiger partial charge >= 0.3 is 0 Å². The number of anilines is 1. The lowest BCUT2D eigenvalue weighted by molar-refractivity contribution is 0.560. The first-order valence-electron chi connectivity index (χ1n) is 6.19. The van der Waals surface area contributed by atoms with E-state index in [1.54, 1.807) is 0 Å². The summed E-state index contributed by atoms with van der Waals surface area (Å²) in [6.07, 6.45) is 5.55. The lowest BCUT2D eigenvalue weighted by atomic mass is 9.93. The molecule has 4 nitrogen and oxygen atoms in total. The molecule has 86 valence electrons. The van der Waals surface area contributed by atoms with Crippen molar-refractivity contribution >= 4 is 5.82 Å². The Morgan fingerprint density at radius 1 is 1.25 bits per heavy atom. The van der Waals surface area contributed by atoms with Gasteiger partial charge in [-0.3, -0.25) is 0 Å². The SMILES string of the molecule is N[C@@H]1CCc2nnc(N3CCCC3)cc2C1. The Bertz CT molecular complexity index is 385. The van der Waals surface area contributed by atoms with Crippen molar-refractivity contribution in [2.24, 2.45) is 5.73 Å². The maximum absolute atomic E-state index is 5.99. The predicted molar refractivity (Wildman–Crippen MR) is 63.5 cm³/mol. The van der Waals surface area contributed by atoms with Gasteiger partial charge in [0.1, 0.15) is 0 Å². The summed E-state index contributed by atoms with van der Waals surface area (Å²) in [5.74, 6) is 1.05. The number of hydrogen-bond donors (Lipinski definition) is 1. The number of aromatic nitrogens is 2. The monoisotopic (exact) mass is 218 g/mol. The van der Waals surface area contributed by atoms with Crippen LogP contribution in [0.15, 0.2) is 6.07 Å². The summed E-state index contributed by atoms with van der Waals surface area (Å²) in [6.45, 7) is 2.25. The maximum atomic E-state index is 5.99. The third kappa shape index (κ3) is 1.78. The van der Waals surface area contributed by atoms with Gasteiger partial charge in [0.15, 0.2) is 5.82 Å². The highest BCUT2D eigenvalue weighted by atomic mass is 15.3. The summed E-state index contributed by atoms with van der Waals surface area (Å²) < 4.78 is 0. The zero-order chi connectivity index (χ0) is 11.0. The van der Waals surface area contributed by atoms with E-state index in [1.165, 1.54) is 18.4 Å². The van der Waals surface area contributed by atoms with Crippen LogP contribution in [0.25, 0.3) is 0 Å². The second kappa shape index (κ2) is 4.01. The molecule has 1 aromatic rings.